The van der Waals surface area contributed by atoms with Crippen LogP contribution >= 0.6 is 11.8 Å². The molecule has 0 bridgehead atoms. The molecule has 0 aromatic heterocycles. The summed E-state index contributed by atoms with van der Waals surface area (Å²) in [5, 5.41) is 11.2. The van der Waals surface area contributed by atoms with Gasteiger partial charge in [0, 0.05) is 5.69 Å². The van der Waals surface area contributed by atoms with E-state index in [0.29, 0.717) is 0 Å². The fourth-order valence-electron chi connectivity index (χ4n) is 1.56. The quantitative estimate of drug-likeness (QED) is 0.769. The number of hydrogen-bond donors (Lipinski definition) is 2. The Morgan fingerprint density at radius 3 is 2.47 bits per heavy atom. The third-order valence-corrected chi connectivity index (χ3v) is 3.43. The number of carboxylic acids is 1. The maximum Gasteiger partial charge on any atom is 0.313 e. The van der Waals surface area contributed by atoms with Crippen LogP contribution in [0.2, 0.25) is 0 Å². The molecule has 0 aliphatic carbocycles. The largest absolute Gasteiger partial charge is 0.481 e. The fraction of sp³-hybridized carbons (Fsp3) is 0.429. The van der Waals surface area contributed by atoms with Gasteiger partial charge in [-0.25, -0.2) is 0 Å². The number of aliphatic carboxylic acids is 1. The number of carbonyl (C=O) groups excluding carboxylic acids is 1. The van der Waals surface area contributed by atoms with Crippen molar-refractivity contribution in [1.29, 1.82) is 0 Å². The van der Waals surface area contributed by atoms with Crippen molar-refractivity contribution in [1.82, 2.24) is 0 Å². The second-order valence-electron chi connectivity index (χ2n) is 4.24. The zero-order valence-electron chi connectivity index (χ0n) is 11.0. The van der Waals surface area contributed by atoms with Crippen LogP contribution in [0.25, 0.3) is 0 Å². The SMILES string of the molecule is CCCCc1ccc(NC(=O)CSCC(=O)O)cc1. The summed E-state index contributed by atoms with van der Waals surface area (Å²) in [7, 11) is 0. The first-order valence-electron chi connectivity index (χ1n) is 6.30. The predicted octanol–water partition coefficient (Wildman–Crippen LogP) is 2.79. The first kappa shape index (κ1) is 15.6. The second-order valence-corrected chi connectivity index (χ2v) is 5.22. The maximum atomic E-state index is 11.5. The van der Waals surface area contributed by atoms with Crippen LogP contribution in [0.1, 0.15) is 25.3 Å². The van der Waals surface area contributed by atoms with Crippen LogP contribution in [0.4, 0.5) is 5.69 Å². The molecule has 0 saturated heterocycles. The molecule has 2 N–H and O–H groups in total. The summed E-state index contributed by atoms with van der Waals surface area (Å²) in [6.07, 6.45) is 3.38. The van der Waals surface area contributed by atoms with Gasteiger partial charge in [-0.3, -0.25) is 9.59 Å². The Bertz CT molecular complexity index is 417. The Morgan fingerprint density at radius 2 is 1.89 bits per heavy atom. The Labute approximate surface area is 117 Å². The predicted molar refractivity (Wildman–Crippen MR) is 78.6 cm³/mol. The highest BCUT2D eigenvalue weighted by Crippen LogP contribution is 2.12. The lowest BCUT2D eigenvalue weighted by atomic mass is 10.1. The van der Waals surface area contributed by atoms with Crippen LogP contribution in [0.5, 0.6) is 0 Å². The van der Waals surface area contributed by atoms with E-state index >= 15 is 0 Å². The van der Waals surface area contributed by atoms with E-state index in [0.717, 1.165) is 30.3 Å². The molecule has 5 heteroatoms. The number of hydrogen-bond acceptors (Lipinski definition) is 3. The Hall–Kier alpha value is -1.49. The van der Waals surface area contributed by atoms with Gasteiger partial charge < -0.3 is 10.4 Å². The normalized spacial score (nSPS) is 10.2. The van der Waals surface area contributed by atoms with Crippen LogP contribution in [0.3, 0.4) is 0 Å². The number of carboxylic acid groups (broad SMARTS) is 1. The van der Waals surface area contributed by atoms with Gasteiger partial charge in [-0.15, -0.1) is 11.8 Å². The third-order valence-electron chi connectivity index (χ3n) is 2.52. The first-order valence-corrected chi connectivity index (χ1v) is 7.45. The van der Waals surface area contributed by atoms with Crippen molar-refractivity contribution < 1.29 is 14.7 Å². The van der Waals surface area contributed by atoms with E-state index in [-0.39, 0.29) is 17.4 Å². The summed E-state index contributed by atoms with van der Waals surface area (Å²) in [6, 6.07) is 7.78. The van der Waals surface area contributed by atoms with E-state index in [1.165, 1.54) is 12.0 Å². The molecular weight excluding hydrogens is 262 g/mol. The van der Waals surface area contributed by atoms with Crippen LogP contribution in [-0.2, 0) is 16.0 Å². The van der Waals surface area contributed by atoms with Crippen LogP contribution in [-0.4, -0.2) is 28.5 Å². The molecule has 104 valence electrons. The lowest BCUT2D eigenvalue weighted by Crippen LogP contribution is -2.15. The van der Waals surface area contributed by atoms with Gasteiger partial charge in [0.05, 0.1) is 11.5 Å². The average Bonchev–Trinajstić information content (AvgIpc) is 2.37. The zero-order valence-corrected chi connectivity index (χ0v) is 11.8. The van der Waals surface area contributed by atoms with Crippen molar-refractivity contribution in [2.45, 2.75) is 26.2 Å². The molecule has 0 radical (unpaired) electrons. The number of rotatable bonds is 8. The van der Waals surface area contributed by atoms with E-state index < -0.39 is 5.97 Å². The van der Waals surface area contributed by atoms with Gasteiger partial charge in [0.15, 0.2) is 0 Å². The molecule has 19 heavy (non-hydrogen) atoms. The lowest BCUT2D eigenvalue weighted by Gasteiger charge is -2.06. The van der Waals surface area contributed by atoms with E-state index in [4.69, 9.17) is 5.11 Å². The maximum absolute atomic E-state index is 11.5. The molecule has 0 saturated carbocycles. The van der Waals surface area contributed by atoms with Crippen molar-refractivity contribution in [3.63, 3.8) is 0 Å². The minimum Gasteiger partial charge on any atom is -0.481 e. The Kier molecular flexibility index (Phi) is 7.03. The molecule has 1 amide bonds. The van der Waals surface area contributed by atoms with E-state index in [1.54, 1.807) is 0 Å². The van der Waals surface area contributed by atoms with Crippen molar-refractivity contribution in [2.75, 3.05) is 16.8 Å². The minimum absolute atomic E-state index is 0.0522. The van der Waals surface area contributed by atoms with E-state index in [9.17, 15) is 9.59 Å². The van der Waals surface area contributed by atoms with Gasteiger partial charge in [0.1, 0.15) is 0 Å². The first-order chi connectivity index (χ1) is 9.11. The molecule has 0 unspecified atom stereocenters. The summed E-state index contributed by atoms with van der Waals surface area (Å²) in [4.78, 5) is 21.8. The van der Waals surface area contributed by atoms with Crippen molar-refractivity contribution in [3.05, 3.63) is 29.8 Å². The number of carbonyl (C=O) groups is 2. The van der Waals surface area contributed by atoms with Gasteiger partial charge in [0.2, 0.25) is 5.91 Å². The number of thioether (sulfide) groups is 1. The summed E-state index contributed by atoms with van der Waals surface area (Å²) >= 11 is 1.09. The van der Waals surface area contributed by atoms with E-state index in [2.05, 4.69) is 12.2 Å². The van der Waals surface area contributed by atoms with Crippen LogP contribution < -0.4 is 5.32 Å². The third kappa shape index (κ3) is 6.86. The molecule has 1 rings (SSSR count). The average molecular weight is 281 g/mol. The number of benzene rings is 1. The standard InChI is InChI=1S/C14H19NO3S/c1-2-3-4-11-5-7-12(8-6-11)15-13(16)9-19-10-14(17)18/h5-8H,2-4,9-10H2,1H3,(H,15,16)(H,17,18). The summed E-state index contributed by atoms with van der Waals surface area (Å²) in [5.74, 6) is -0.974. The highest BCUT2D eigenvalue weighted by molar-refractivity contribution is 8.00. The van der Waals surface area contributed by atoms with Gasteiger partial charge in [-0.2, -0.15) is 0 Å². The number of aryl methyl sites for hydroxylation is 1. The summed E-state index contributed by atoms with van der Waals surface area (Å²) in [6.45, 7) is 2.16. The van der Waals surface area contributed by atoms with Crippen LogP contribution in [0, 0.1) is 0 Å². The number of amides is 1. The molecule has 0 atom stereocenters. The molecule has 0 heterocycles. The van der Waals surface area contributed by atoms with Crippen molar-refractivity contribution in [2.24, 2.45) is 0 Å². The molecule has 4 nitrogen and oxygen atoms in total. The highest BCUT2D eigenvalue weighted by Gasteiger charge is 2.04. The Balaban J connectivity index is 2.35. The van der Waals surface area contributed by atoms with Crippen molar-refractivity contribution in [3.8, 4) is 0 Å². The Morgan fingerprint density at radius 1 is 1.21 bits per heavy atom. The summed E-state index contributed by atoms with van der Waals surface area (Å²) in [5.41, 5.74) is 2.02. The molecule has 0 fully saturated rings. The topological polar surface area (TPSA) is 66.4 Å². The van der Waals surface area contributed by atoms with Gasteiger partial charge in [-0.05, 0) is 30.5 Å². The molecule has 0 aliphatic heterocycles. The number of unbranched alkanes of at least 4 members (excludes halogenated alkanes) is 1. The highest BCUT2D eigenvalue weighted by atomic mass is 32.2. The molecular formula is C14H19NO3S. The van der Waals surface area contributed by atoms with Gasteiger partial charge >= 0.3 is 5.97 Å². The zero-order chi connectivity index (χ0) is 14.1. The summed E-state index contributed by atoms with van der Waals surface area (Å²) < 4.78 is 0. The smallest absolute Gasteiger partial charge is 0.313 e. The fourth-order valence-corrected chi connectivity index (χ4v) is 2.10. The van der Waals surface area contributed by atoms with E-state index in [1.807, 2.05) is 24.3 Å². The molecule has 1 aromatic carbocycles. The number of anilines is 1. The van der Waals surface area contributed by atoms with Crippen LogP contribution in [0.15, 0.2) is 24.3 Å². The molecule has 0 aliphatic rings. The monoisotopic (exact) mass is 281 g/mol. The molecule has 0 spiro atoms. The number of nitrogens with one attached hydrogen (secondary N) is 1. The minimum atomic E-state index is -0.905. The van der Waals surface area contributed by atoms with Crippen molar-refractivity contribution >= 4 is 29.3 Å². The van der Waals surface area contributed by atoms with Gasteiger partial charge in [0.25, 0.3) is 0 Å². The second kappa shape index (κ2) is 8.58. The molecule has 1 aromatic rings. The lowest BCUT2D eigenvalue weighted by molar-refractivity contribution is -0.133. The van der Waals surface area contributed by atoms with Gasteiger partial charge in [-0.1, -0.05) is 25.5 Å².